The van der Waals surface area contributed by atoms with Crippen LogP contribution in [0.1, 0.15) is 47.7 Å². The molecule has 0 saturated carbocycles. The van der Waals surface area contributed by atoms with Crippen LogP contribution in [0.2, 0.25) is 0 Å². The summed E-state index contributed by atoms with van der Waals surface area (Å²) >= 11 is 0. The molecule has 1 amide bonds. The number of unbranched alkanes of at least 4 members (excludes halogenated alkanes) is 2. The summed E-state index contributed by atoms with van der Waals surface area (Å²) in [5.74, 6) is -0.445. The summed E-state index contributed by atoms with van der Waals surface area (Å²) in [6.07, 6.45) is 4.44. The van der Waals surface area contributed by atoms with Crippen molar-refractivity contribution in [2.75, 3.05) is 0 Å². The Morgan fingerprint density at radius 2 is 1.91 bits per heavy atom. The van der Waals surface area contributed by atoms with Crippen molar-refractivity contribution in [3.8, 4) is 6.07 Å². The number of nitrogens with zero attached hydrogens (tertiary/aromatic N) is 5. The van der Waals surface area contributed by atoms with Gasteiger partial charge in [0.25, 0.3) is 11.5 Å². The second-order valence-electron chi connectivity index (χ2n) is 7.67. The van der Waals surface area contributed by atoms with Crippen LogP contribution in [0.3, 0.4) is 0 Å². The fraction of sp³-hybridized carbons (Fsp3) is 0.240. The zero-order chi connectivity index (χ0) is 22.7. The lowest BCUT2D eigenvalue weighted by Crippen LogP contribution is -2.29. The van der Waals surface area contributed by atoms with Crippen LogP contribution < -0.4 is 11.0 Å². The molecule has 32 heavy (non-hydrogen) atoms. The van der Waals surface area contributed by atoms with E-state index in [-0.39, 0.29) is 16.6 Å². The van der Waals surface area contributed by atoms with E-state index in [1.54, 1.807) is 41.1 Å². The normalized spacial score (nSPS) is 11.7. The minimum Gasteiger partial charge on any atom is -0.309 e. The summed E-state index contributed by atoms with van der Waals surface area (Å²) in [5, 5.41) is 10.2. The van der Waals surface area contributed by atoms with Gasteiger partial charge in [-0.25, -0.2) is 4.98 Å². The fourth-order valence-electron chi connectivity index (χ4n) is 3.76. The number of pyridine rings is 2. The summed E-state index contributed by atoms with van der Waals surface area (Å²) in [6.45, 7) is 4.48. The molecule has 0 aliphatic carbocycles. The SMILES string of the molecule is CCCCCn1c(=NC(=O)c2ccccc2)c(C#N)cc2c(=O)n3cccc(C)c3nc21. The van der Waals surface area contributed by atoms with E-state index in [0.717, 1.165) is 24.8 Å². The van der Waals surface area contributed by atoms with Crippen molar-refractivity contribution in [3.63, 3.8) is 0 Å². The fourth-order valence-corrected chi connectivity index (χ4v) is 3.76. The van der Waals surface area contributed by atoms with Gasteiger partial charge < -0.3 is 4.57 Å². The number of carbonyl (C=O) groups excluding carboxylic acids is 1. The number of aromatic nitrogens is 3. The molecule has 4 aromatic rings. The van der Waals surface area contributed by atoms with Crippen molar-refractivity contribution >= 4 is 22.6 Å². The van der Waals surface area contributed by atoms with Crippen LogP contribution >= 0.6 is 0 Å². The van der Waals surface area contributed by atoms with E-state index < -0.39 is 5.91 Å². The average molecular weight is 425 g/mol. The van der Waals surface area contributed by atoms with Crippen molar-refractivity contribution in [2.45, 2.75) is 39.7 Å². The number of aryl methyl sites for hydroxylation is 2. The number of fused-ring (bicyclic) bond motifs is 2. The molecule has 7 nitrogen and oxygen atoms in total. The number of hydrogen-bond acceptors (Lipinski definition) is 4. The van der Waals surface area contributed by atoms with E-state index in [2.05, 4.69) is 18.0 Å². The standard InChI is InChI=1S/C25H23N5O2/c1-3-4-8-13-29-22(28-24(31)18-11-6-5-7-12-18)19(16-26)15-20-23(29)27-21-17(2)10-9-14-30(21)25(20)32/h5-7,9-12,14-15H,3-4,8,13H2,1-2H3. The van der Waals surface area contributed by atoms with Gasteiger partial charge >= 0.3 is 0 Å². The molecule has 0 aliphatic rings. The molecule has 0 fully saturated rings. The van der Waals surface area contributed by atoms with E-state index in [0.29, 0.717) is 28.8 Å². The first kappa shape index (κ1) is 21.2. The Balaban J connectivity index is 2.09. The number of rotatable bonds is 5. The highest BCUT2D eigenvalue weighted by atomic mass is 16.1. The second kappa shape index (κ2) is 8.98. The largest absolute Gasteiger partial charge is 0.309 e. The highest BCUT2D eigenvalue weighted by Crippen LogP contribution is 2.14. The Hall–Kier alpha value is -4.05. The van der Waals surface area contributed by atoms with Crippen LogP contribution in [0.4, 0.5) is 0 Å². The molecular formula is C25H23N5O2. The van der Waals surface area contributed by atoms with Crippen molar-refractivity contribution < 1.29 is 4.79 Å². The summed E-state index contributed by atoms with van der Waals surface area (Å²) < 4.78 is 3.24. The Labute approximate surface area is 184 Å². The highest BCUT2D eigenvalue weighted by Gasteiger charge is 2.16. The lowest BCUT2D eigenvalue weighted by Gasteiger charge is -2.14. The maximum Gasteiger partial charge on any atom is 0.278 e. The summed E-state index contributed by atoms with van der Waals surface area (Å²) in [6, 6.07) is 16.0. The lowest BCUT2D eigenvalue weighted by molar-refractivity contribution is 0.0997. The van der Waals surface area contributed by atoms with Crippen molar-refractivity contribution in [1.29, 1.82) is 5.26 Å². The summed E-state index contributed by atoms with van der Waals surface area (Å²) in [7, 11) is 0. The van der Waals surface area contributed by atoms with Gasteiger partial charge in [0.2, 0.25) is 0 Å². The quantitative estimate of drug-likeness (QED) is 0.359. The maximum atomic E-state index is 13.2. The van der Waals surface area contributed by atoms with Crippen LogP contribution in [0.15, 0.2) is 64.5 Å². The molecule has 160 valence electrons. The van der Waals surface area contributed by atoms with Gasteiger partial charge in [-0.15, -0.1) is 0 Å². The number of nitriles is 1. The van der Waals surface area contributed by atoms with E-state index in [9.17, 15) is 14.9 Å². The third-order valence-corrected chi connectivity index (χ3v) is 5.44. The number of carbonyl (C=O) groups is 1. The minimum atomic E-state index is -0.445. The molecule has 0 unspecified atom stereocenters. The smallest absolute Gasteiger partial charge is 0.278 e. The van der Waals surface area contributed by atoms with Gasteiger partial charge in [0.15, 0.2) is 5.49 Å². The van der Waals surface area contributed by atoms with E-state index in [1.165, 1.54) is 10.5 Å². The molecule has 1 aromatic carbocycles. The molecule has 0 N–H and O–H groups in total. The van der Waals surface area contributed by atoms with Crippen LogP contribution in [-0.2, 0) is 6.54 Å². The predicted molar refractivity (Wildman–Crippen MR) is 122 cm³/mol. The summed E-state index contributed by atoms with van der Waals surface area (Å²) in [4.78, 5) is 35.2. The van der Waals surface area contributed by atoms with Crippen LogP contribution in [0, 0.1) is 18.3 Å². The zero-order valence-corrected chi connectivity index (χ0v) is 18.1. The van der Waals surface area contributed by atoms with Gasteiger partial charge in [0.05, 0.1) is 10.9 Å². The van der Waals surface area contributed by atoms with Crippen LogP contribution in [0.25, 0.3) is 16.7 Å². The molecular weight excluding hydrogens is 402 g/mol. The summed E-state index contributed by atoms with van der Waals surface area (Å²) in [5.41, 5.74) is 2.40. The third-order valence-electron chi connectivity index (χ3n) is 5.44. The highest BCUT2D eigenvalue weighted by molar-refractivity contribution is 5.95. The lowest BCUT2D eigenvalue weighted by atomic mass is 10.2. The molecule has 0 saturated heterocycles. The topological polar surface area (TPSA) is 92.5 Å². The molecule has 4 rings (SSSR count). The van der Waals surface area contributed by atoms with Gasteiger partial charge in [-0.05, 0) is 43.2 Å². The van der Waals surface area contributed by atoms with Gasteiger partial charge in [-0.3, -0.25) is 14.0 Å². The van der Waals surface area contributed by atoms with Gasteiger partial charge in [0.1, 0.15) is 17.4 Å². The van der Waals surface area contributed by atoms with Crippen molar-refractivity contribution in [1.82, 2.24) is 14.0 Å². The van der Waals surface area contributed by atoms with Gasteiger partial charge in [-0.1, -0.05) is 44.0 Å². The molecule has 7 heteroatoms. The molecule has 3 heterocycles. The number of benzene rings is 1. The number of amides is 1. The van der Waals surface area contributed by atoms with E-state index in [4.69, 9.17) is 4.98 Å². The first-order chi connectivity index (χ1) is 15.5. The molecule has 0 spiro atoms. The van der Waals surface area contributed by atoms with Gasteiger partial charge in [-0.2, -0.15) is 10.3 Å². The molecule has 0 atom stereocenters. The first-order valence-corrected chi connectivity index (χ1v) is 10.6. The second-order valence-corrected chi connectivity index (χ2v) is 7.67. The van der Waals surface area contributed by atoms with E-state index in [1.807, 2.05) is 19.1 Å². The van der Waals surface area contributed by atoms with Crippen LogP contribution in [-0.4, -0.2) is 19.9 Å². The van der Waals surface area contributed by atoms with Crippen molar-refractivity contribution in [3.05, 3.63) is 87.3 Å². The molecule has 0 bridgehead atoms. The van der Waals surface area contributed by atoms with Crippen molar-refractivity contribution in [2.24, 2.45) is 4.99 Å². The van der Waals surface area contributed by atoms with Crippen LogP contribution in [0.5, 0.6) is 0 Å². The Morgan fingerprint density at radius 1 is 1.12 bits per heavy atom. The van der Waals surface area contributed by atoms with Gasteiger partial charge in [0, 0.05) is 18.3 Å². The minimum absolute atomic E-state index is 0.171. The molecule has 3 aromatic heterocycles. The zero-order valence-electron chi connectivity index (χ0n) is 18.1. The third kappa shape index (κ3) is 3.83. The number of hydrogen-bond donors (Lipinski definition) is 0. The average Bonchev–Trinajstić information content (AvgIpc) is 2.81. The maximum absolute atomic E-state index is 13.2. The first-order valence-electron chi connectivity index (χ1n) is 10.6. The molecule has 0 aliphatic heterocycles. The predicted octanol–water partition coefficient (Wildman–Crippen LogP) is 3.76. The Bertz CT molecular complexity index is 1490. The molecule has 0 radical (unpaired) electrons. The van der Waals surface area contributed by atoms with E-state index >= 15 is 0 Å². The Morgan fingerprint density at radius 3 is 2.62 bits per heavy atom. The monoisotopic (exact) mass is 425 g/mol. The Kier molecular flexibility index (Phi) is 5.95.